The zero-order valence-corrected chi connectivity index (χ0v) is 13.8. The predicted molar refractivity (Wildman–Crippen MR) is 80.5 cm³/mol. The van der Waals surface area contributed by atoms with Crippen molar-refractivity contribution in [1.29, 1.82) is 0 Å². The molecule has 0 bridgehead atoms. The van der Waals surface area contributed by atoms with E-state index in [1.807, 2.05) is 0 Å². The van der Waals surface area contributed by atoms with E-state index < -0.39 is 0 Å². The van der Waals surface area contributed by atoms with E-state index in [0.29, 0.717) is 6.67 Å². The van der Waals surface area contributed by atoms with E-state index in [0.717, 1.165) is 13.1 Å². The second-order valence-corrected chi connectivity index (χ2v) is 8.33. The molecule has 0 aliphatic carbocycles. The van der Waals surface area contributed by atoms with Gasteiger partial charge in [-0.25, -0.2) is 0 Å². The van der Waals surface area contributed by atoms with Gasteiger partial charge in [-0.3, -0.25) is 0 Å². The van der Waals surface area contributed by atoms with E-state index >= 15 is 0 Å². The number of nitrogens with zero attached hydrogens (tertiary/aromatic N) is 2. The van der Waals surface area contributed by atoms with Gasteiger partial charge in [0.25, 0.3) is 0 Å². The molecular formula is C17H18LrN2. The summed E-state index contributed by atoms with van der Waals surface area (Å²) in [7, 11) is 0. The second kappa shape index (κ2) is 3.77. The summed E-state index contributed by atoms with van der Waals surface area (Å²) in [6.07, 6.45) is 0. The molecule has 0 amide bonds. The minimum absolute atomic E-state index is 0.171. The van der Waals surface area contributed by atoms with Gasteiger partial charge in [-0.05, 0) is 0 Å². The molecular weight excluding hydrogens is 494 g/mol. The fourth-order valence-electron chi connectivity index (χ4n) is 2.76. The molecule has 0 N–H and O–H groups in total. The van der Waals surface area contributed by atoms with Crippen LogP contribution < -0.4 is 15.9 Å². The number of anilines is 2. The van der Waals surface area contributed by atoms with Crippen LogP contribution >= 0.6 is 0 Å². The summed E-state index contributed by atoms with van der Waals surface area (Å²) in [6.45, 7) is 7.26. The van der Waals surface area contributed by atoms with Crippen molar-refractivity contribution in [2.45, 2.75) is 20.5 Å². The van der Waals surface area contributed by atoms with Crippen molar-refractivity contribution >= 4 is 17.4 Å². The van der Waals surface area contributed by atoms with Crippen molar-refractivity contribution in [3.8, 4) is 0 Å². The van der Waals surface area contributed by atoms with E-state index in [1.54, 1.807) is 6.07 Å². The monoisotopic (exact) mass is 512 g/mol. The van der Waals surface area contributed by atoms with Crippen molar-refractivity contribution < 1.29 is 0 Å². The molecule has 0 saturated carbocycles. The molecule has 0 aromatic heterocycles. The molecule has 2 aliphatic heterocycles. The third-order valence-corrected chi connectivity index (χ3v) is 7.32. The van der Waals surface area contributed by atoms with E-state index in [4.69, 9.17) is 0 Å². The van der Waals surface area contributed by atoms with Gasteiger partial charge in [0.05, 0.1) is 0 Å². The van der Waals surface area contributed by atoms with Gasteiger partial charge in [-0.15, -0.1) is 0 Å². The van der Waals surface area contributed by atoms with E-state index in [1.165, 1.54) is 22.5 Å². The quantitative estimate of drug-likeness (QED) is 0.580. The summed E-state index contributed by atoms with van der Waals surface area (Å²) >= 11 is 0. The van der Waals surface area contributed by atoms with Crippen LogP contribution in [0.1, 0.15) is 11.1 Å². The van der Waals surface area contributed by atoms with Gasteiger partial charge >= 0.3 is 114 Å². The van der Waals surface area contributed by atoms with Crippen molar-refractivity contribution in [1.82, 2.24) is 0 Å². The van der Waals surface area contributed by atoms with Crippen molar-refractivity contribution in [3.63, 3.8) is 0 Å². The first-order valence-electron chi connectivity index (χ1n) is 6.93. The Morgan fingerprint density at radius 2 is 1.60 bits per heavy atom. The molecule has 2 nitrogen and oxygen atoms in total. The molecule has 2 aromatic carbocycles. The summed E-state index contributed by atoms with van der Waals surface area (Å²) in [4.78, 5) is 5.20. The average molecular weight is 512 g/mol. The Morgan fingerprint density at radius 1 is 0.900 bits per heavy atom. The predicted octanol–water partition coefficient (Wildman–Crippen LogP) is 2.64. The molecule has 111 valence electrons. The Hall–Kier alpha value is -2.96. The summed E-state index contributed by atoms with van der Waals surface area (Å²) in [5.74, 6) is 0. The van der Waals surface area contributed by atoms with Crippen molar-refractivity contribution in [2.24, 2.45) is 0 Å². The van der Waals surface area contributed by atoms with E-state index in [2.05, 4.69) is 66.1 Å². The molecule has 1 unspecified atom stereocenters. The first-order chi connectivity index (χ1) is 9.72. The molecule has 0 spiro atoms. The summed E-state index contributed by atoms with van der Waals surface area (Å²) in [5.41, 5.74) is 5.59. The molecule has 1 atom stereocenters. The Kier molecular flexibility index (Phi) is 2.06. The number of benzene rings is 2. The summed E-state index contributed by atoms with van der Waals surface area (Å²) < 4.78 is 0.171. The second-order valence-electron chi connectivity index (χ2n) is 5.44. The minimum atomic E-state index is 0.171. The topological polar surface area (TPSA) is 6.48 Å². The molecule has 2 aromatic rings. The van der Waals surface area contributed by atoms with Crippen LogP contribution in [-0.2, 0) is 0 Å². The van der Waals surface area contributed by atoms with Crippen LogP contribution in [0, 0.1) is 13.8 Å². The number of fused-ring (bicyclic) bond motifs is 3. The van der Waals surface area contributed by atoms with Gasteiger partial charge in [0.2, 0.25) is 0 Å². The van der Waals surface area contributed by atoms with Gasteiger partial charge in [-0.2, -0.15) is 0 Å². The molecule has 0 radical (unpaired) electrons. The SMILES string of the molecule is Cc1ccc(N2CCN3c4ccc(C)c[c]4[Lr][CH]23)cc1. The van der Waals surface area contributed by atoms with E-state index in [-0.39, 0.29) is 0 Å². The summed E-state index contributed by atoms with van der Waals surface area (Å²) in [6, 6.07) is 17.6. The van der Waals surface area contributed by atoms with Gasteiger partial charge in [0.1, 0.15) is 0 Å². The van der Waals surface area contributed by atoms with Crippen LogP contribution in [0.2, 0.25) is 0 Å². The fraction of sp³-hybridized carbons (Fsp3) is 0.294. The fourth-order valence-corrected chi connectivity index (χ4v) is 6.67. The molecule has 2 aliphatic rings. The Bertz CT molecular complexity index is 651. The number of hydrogen-bond donors (Lipinski definition) is 0. The zero-order chi connectivity index (χ0) is 13.7. The standard InChI is InChI=1S/C17H18N2.Lr/c1-14-3-7-16(8-4-14)18-11-12-19(13-18)17-9-5-15(2)6-10-17;/h3-9,13H,11-12H2,1-2H3;. The van der Waals surface area contributed by atoms with Crippen LogP contribution in [0.3, 0.4) is 0 Å². The first kappa shape index (κ1) is 10.9. The van der Waals surface area contributed by atoms with Gasteiger partial charge < -0.3 is 0 Å². The maximum atomic E-state index is 2.61. The third kappa shape index (κ3) is 1.46. The first-order valence-corrected chi connectivity index (χ1v) is 9.25. The number of rotatable bonds is 1. The van der Waals surface area contributed by atoms with E-state index in [9.17, 15) is 0 Å². The Labute approximate surface area is 115 Å². The van der Waals surface area contributed by atoms with Gasteiger partial charge in [-0.1, -0.05) is 0 Å². The van der Waals surface area contributed by atoms with Crippen LogP contribution in [0.4, 0.5) is 11.4 Å². The molecule has 1 saturated heterocycles. The zero-order valence-electron chi connectivity index (χ0n) is 11.7. The van der Waals surface area contributed by atoms with Crippen LogP contribution in [0.5, 0.6) is 0 Å². The van der Waals surface area contributed by atoms with Crippen LogP contribution in [0.15, 0.2) is 42.5 Å². The van der Waals surface area contributed by atoms with Gasteiger partial charge in [0, 0.05) is 0 Å². The Balaban J connectivity index is 1.67. The van der Waals surface area contributed by atoms with Crippen molar-refractivity contribution in [2.75, 3.05) is 22.9 Å². The third-order valence-electron chi connectivity index (χ3n) is 3.90. The molecule has 1 fully saturated rings. The van der Waals surface area contributed by atoms with Gasteiger partial charge in [0.15, 0.2) is 0 Å². The molecule has 20 heavy (non-hydrogen) atoms. The van der Waals surface area contributed by atoms with Crippen molar-refractivity contribution in [3.05, 3.63) is 53.6 Å². The van der Waals surface area contributed by atoms with Crippen LogP contribution in [0.25, 0.3) is 0 Å². The normalized spacial score (nSPS) is 19.4. The average Bonchev–Trinajstić information content (AvgIpc) is 2.98. The number of aryl methyl sites for hydroxylation is 2. The summed E-state index contributed by atoms with van der Waals surface area (Å²) in [5, 5.41) is 0. The number of hydrogen-bond acceptors (Lipinski definition) is 2. The molecule has 4 rings (SSSR count). The Morgan fingerprint density at radius 3 is 2.40 bits per heavy atom. The molecule has 3 heteroatoms. The molecule has 2 heterocycles. The van der Waals surface area contributed by atoms with Crippen LogP contribution in [-0.4, -0.2) is 19.8 Å². The maximum absolute atomic E-state index is 2.61.